The van der Waals surface area contributed by atoms with Crippen molar-refractivity contribution in [2.75, 3.05) is 0 Å². The molecule has 0 radical (unpaired) electrons. The van der Waals surface area contributed by atoms with Gasteiger partial charge in [0.15, 0.2) is 6.10 Å². The maximum Gasteiger partial charge on any atom is 0.389 e. The maximum absolute atomic E-state index is 11.2. The van der Waals surface area contributed by atoms with E-state index in [2.05, 4.69) is 9.78 Å². The van der Waals surface area contributed by atoms with E-state index in [9.17, 15) is 24.9 Å². The molecule has 8 nitrogen and oxygen atoms in total. The van der Waals surface area contributed by atoms with E-state index in [1.807, 2.05) is 6.92 Å². The lowest BCUT2D eigenvalue weighted by molar-refractivity contribution is -0.288. The number of carbonyl (C=O) groups is 2. The fourth-order valence-electron chi connectivity index (χ4n) is 1.16. The van der Waals surface area contributed by atoms with Gasteiger partial charge in [0.05, 0.1) is 0 Å². The molecule has 0 aliphatic carbocycles. The van der Waals surface area contributed by atoms with E-state index in [-0.39, 0.29) is 6.42 Å². The van der Waals surface area contributed by atoms with Crippen LogP contribution in [-0.2, 0) is 19.4 Å². The quantitative estimate of drug-likeness (QED) is 0.202. The van der Waals surface area contributed by atoms with Crippen LogP contribution in [-0.4, -0.2) is 50.4 Å². The van der Waals surface area contributed by atoms with Gasteiger partial charge in [0.2, 0.25) is 11.9 Å². The van der Waals surface area contributed by atoms with Gasteiger partial charge in [-0.2, -0.15) is 0 Å². The third kappa shape index (κ3) is 6.48. The maximum atomic E-state index is 11.2. The molecule has 0 aromatic rings. The predicted octanol–water partition coefficient (Wildman–Crippen LogP) is -1.01. The first kappa shape index (κ1) is 17.8. The molecule has 112 valence electrons. The van der Waals surface area contributed by atoms with Crippen molar-refractivity contribution < 1.29 is 39.8 Å². The van der Waals surface area contributed by atoms with E-state index in [0.29, 0.717) is 12.8 Å². The van der Waals surface area contributed by atoms with Gasteiger partial charge >= 0.3 is 11.9 Å². The summed E-state index contributed by atoms with van der Waals surface area (Å²) in [6.45, 7) is 2.98. The lowest BCUT2D eigenvalue weighted by Crippen LogP contribution is -2.48. The minimum absolute atomic E-state index is 0.235. The Balaban J connectivity index is 4.26. The standard InChI is InChI=1S/C11H20O8/c1-3-4-5-6-11(16,17)8(13)10(15)19-18-9(14)7(2)12/h7-8,12-13,16-17H,3-6H2,1-2H3. The van der Waals surface area contributed by atoms with Crippen LogP contribution in [0, 0.1) is 0 Å². The highest BCUT2D eigenvalue weighted by Crippen LogP contribution is 2.17. The van der Waals surface area contributed by atoms with Gasteiger partial charge in [-0.3, -0.25) is 0 Å². The van der Waals surface area contributed by atoms with Crippen LogP contribution >= 0.6 is 0 Å². The molecule has 0 aliphatic rings. The molecule has 0 aromatic carbocycles. The number of hydrogen-bond donors (Lipinski definition) is 4. The van der Waals surface area contributed by atoms with Gasteiger partial charge in [0.1, 0.15) is 0 Å². The second-order valence-corrected chi connectivity index (χ2v) is 4.22. The molecule has 0 amide bonds. The number of rotatable bonds is 7. The zero-order valence-electron chi connectivity index (χ0n) is 10.9. The molecule has 0 saturated heterocycles. The van der Waals surface area contributed by atoms with Gasteiger partial charge in [-0.15, -0.1) is 0 Å². The third-order valence-corrected chi connectivity index (χ3v) is 2.36. The number of hydrogen-bond acceptors (Lipinski definition) is 8. The van der Waals surface area contributed by atoms with E-state index >= 15 is 0 Å². The van der Waals surface area contributed by atoms with Gasteiger partial charge < -0.3 is 20.4 Å². The largest absolute Gasteiger partial charge is 0.389 e. The number of aliphatic hydroxyl groups is 4. The van der Waals surface area contributed by atoms with Crippen molar-refractivity contribution in [3.63, 3.8) is 0 Å². The Bertz CT molecular complexity index is 299. The third-order valence-electron chi connectivity index (χ3n) is 2.36. The number of carbonyl (C=O) groups excluding carboxylic acids is 2. The average molecular weight is 280 g/mol. The minimum atomic E-state index is -2.66. The molecule has 0 aliphatic heterocycles. The van der Waals surface area contributed by atoms with Crippen LogP contribution in [0.25, 0.3) is 0 Å². The Labute approximate surface area is 110 Å². The molecule has 0 saturated carbocycles. The van der Waals surface area contributed by atoms with Crippen LogP contribution < -0.4 is 0 Å². The first-order valence-corrected chi connectivity index (χ1v) is 5.95. The zero-order chi connectivity index (χ0) is 15.1. The highest BCUT2D eigenvalue weighted by Gasteiger charge is 2.40. The molecule has 0 fully saturated rings. The van der Waals surface area contributed by atoms with Crippen LogP contribution in [0.1, 0.15) is 39.5 Å². The normalized spacial score (nSPS) is 14.6. The summed E-state index contributed by atoms with van der Waals surface area (Å²) in [5.41, 5.74) is 0. The highest BCUT2D eigenvalue weighted by atomic mass is 17.2. The van der Waals surface area contributed by atoms with Gasteiger partial charge in [-0.1, -0.05) is 19.8 Å². The molecule has 0 bridgehead atoms. The second-order valence-electron chi connectivity index (χ2n) is 4.22. The zero-order valence-corrected chi connectivity index (χ0v) is 10.9. The van der Waals surface area contributed by atoms with E-state index in [4.69, 9.17) is 5.11 Å². The molecular weight excluding hydrogens is 260 g/mol. The molecule has 0 rings (SSSR count). The number of aliphatic hydroxyl groups excluding tert-OH is 2. The minimum Gasteiger partial charge on any atom is -0.382 e. The van der Waals surface area contributed by atoms with Gasteiger partial charge in [0.25, 0.3) is 0 Å². The lowest BCUT2D eigenvalue weighted by Gasteiger charge is -2.25. The van der Waals surface area contributed by atoms with Crippen molar-refractivity contribution in [3.05, 3.63) is 0 Å². The Morgan fingerprint density at radius 1 is 1.11 bits per heavy atom. The summed E-state index contributed by atoms with van der Waals surface area (Å²) >= 11 is 0. The van der Waals surface area contributed by atoms with Gasteiger partial charge in [0, 0.05) is 6.42 Å². The molecule has 2 atom stereocenters. The molecule has 4 N–H and O–H groups in total. The van der Waals surface area contributed by atoms with E-state index < -0.39 is 29.9 Å². The summed E-state index contributed by atoms with van der Waals surface area (Å²) in [6.07, 6.45) is -2.11. The van der Waals surface area contributed by atoms with Gasteiger partial charge in [-0.25, -0.2) is 19.4 Å². The van der Waals surface area contributed by atoms with Crippen molar-refractivity contribution in [1.29, 1.82) is 0 Å². The highest BCUT2D eigenvalue weighted by molar-refractivity contribution is 5.78. The summed E-state index contributed by atoms with van der Waals surface area (Å²) in [7, 11) is 0. The van der Waals surface area contributed by atoms with Crippen molar-refractivity contribution in [2.24, 2.45) is 0 Å². The van der Waals surface area contributed by atoms with Crippen molar-refractivity contribution in [2.45, 2.75) is 57.5 Å². The van der Waals surface area contributed by atoms with Crippen molar-refractivity contribution in [3.8, 4) is 0 Å². The number of unbranched alkanes of at least 4 members (excludes halogenated alkanes) is 2. The van der Waals surface area contributed by atoms with Gasteiger partial charge in [-0.05, 0) is 13.3 Å². The van der Waals surface area contributed by atoms with E-state index in [1.165, 1.54) is 0 Å². The van der Waals surface area contributed by atoms with Crippen LogP contribution in [0.3, 0.4) is 0 Å². The van der Waals surface area contributed by atoms with Crippen LogP contribution in [0.15, 0.2) is 0 Å². The Kier molecular flexibility index (Phi) is 7.53. The summed E-state index contributed by atoms with van der Waals surface area (Å²) in [6, 6.07) is 0. The molecular formula is C11H20O8. The van der Waals surface area contributed by atoms with E-state index in [1.54, 1.807) is 0 Å². The molecule has 19 heavy (non-hydrogen) atoms. The average Bonchev–Trinajstić information content (AvgIpc) is 2.34. The Morgan fingerprint density at radius 2 is 1.63 bits per heavy atom. The molecule has 0 spiro atoms. The van der Waals surface area contributed by atoms with Crippen molar-refractivity contribution in [1.82, 2.24) is 0 Å². The van der Waals surface area contributed by atoms with Crippen molar-refractivity contribution >= 4 is 11.9 Å². The first-order chi connectivity index (χ1) is 8.72. The summed E-state index contributed by atoms with van der Waals surface area (Å²) < 4.78 is 0. The van der Waals surface area contributed by atoms with Crippen LogP contribution in [0.4, 0.5) is 0 Å². The first-order valence-electron chi connectivity index (χ1n) is 5.95. The smallest absolute Gasteiger partial charge is 0.382 e. The Morgan fingerprint density at radius 3 is 2.11 bits per heavy atom. The topological polar surface area (TPSA) is 134 Å². The second kappa shape index (κ2) is 8.05. The van der Waals surface area contributed by atoms with Crippen LogP contribution in [0.5, 0.6) is 0 Å². The molecule has 2 unspecified atom stereocenters. The SMILES string of the molecule is CCCCCC(O)(O)C(O)C(=O)OOC(=O)C(C)O. The summed E-state index contributed by atoms with van der Waals surface area (Å²) in [5, 5.41) is 37.1. The van der Waals surface area contributed by atoms with E-state index in [0.717, 1.165) is 13.3 Å². The summed E-state index contributed by atoms with van der Waals surface area (Å²) in [5.74, 6) is -5.44. The molecule has 0 heterocycles. The predicted molar refractivity (Wildman–Crippen MR) is 61.2 cm³/mol. The fraction of sp³-hybridized carbons (Fsp3) is 0.818. The summed E-state index contributed by atoms with van der Waals surface area (Å²) in [4.78, 5) is 29.8. The molecule has 8 heteroatoms. The fourth-order valence-corrected chi connectivity index (χ4v) is 1.16. The molecule has 0 aromatic heterocycles. The van der Waals surface area contributed by atoms with Crippen LogP contribution in [0.2, 0.25) is 0 Å². The lowest BCUT2D eigenvalue weighted by atomic mass is 10.0. The Hall–Kier alpha value is -1.22. The monoisotopic (exact) mass is 280 g/mol.